The first-order valence-corrected chi connectivity index (χ1v) is 3.14. The second-order valence-electron chi connectivity index (χ2n) is 1.74. The minimum atomic E-state index is -1.31. The van der Waals surface area contributed by atoms with Crippen LogP contribution >= 0.6 is 23.2 Å². The van der Waals surface area contributed by atoms with Gasteiger partial charge in [0, 0.05) is 7.11 Å². The summed E-state index contributed by atoms with van der Waals surface area (Å²) in [5, 5.41) is 0. The maximum Gasteiger partial charge on any atom is 0.193 e. The van der Waals surface area contributed by atoms with Crippen molar-refractivity contribution in [2.24, 2.45) is 0 Å². The molecule has 0 fully saturated rings. The molecule has 0 amide bonds. The van der Waals surface area contributed by atoms with E-state index in [4.69, 9.17) is 23.2 Å². The molecule has 0 aromatic carbocycles. The third kappa shape index (κ3) is 3.73. The van der Waals surface area contributed by atoms with Crippen LogP contribution in [-0.4, -0.2) is 23.8 Å². The Morgan fingerprint density at radius 1 is 1.67 bits per heavy atom. The van der Waals surface area contributed by atoms with Crippen molar-refractivity contribution in [3.8, 4) is 0 Å². The zero-order chi connectivity index (χ0) is 7.49. The van der Waals surface area contributed by atoms with Gasteiger partial charge in [-0.3, -0.25) is 4.79 Å². The molecule has 0 bridgehead atoms. The Morgan fingerprint density at radius 2 is 2.11 bits per heavy atom. The lowest BCUT2D eigenvalue weighted by molar-refractivity contribution is -0.122. The predicted octanol–water partition coefficient (Wildman–Crippen LogP) is 1.40. The van der Waals surface area contributed by atoms with Gasteiger partial charge >= 0.3 is 0 Å². The molecule has 0 aromatic rings. The van der Waals surface area contributed by atoms with Crippen LogP contribution in [0.25, 0.3) is 0 Å². The highest BCUT2D eigenvalue weighted by molar-refractivity contribution is 6.58. The average Bonchev–Trinajstić information content (AvgIpc) is 1.64. The standard InChI is InChI=1S/C5H8Cl2O2/c1-5(6,7)4(8)3-9-2/h3H2,1-2H3. The van der Waals surface area contributed by atoms with Crippen molar-refractivity contribution in [3.63, 3.8) is 0 Å². The van der Waals surface area contributed by atoms with Crippen molar-refractivity contribution < 1.29 is 9.53 Å². The summed E-state index contributed by atoms with van der Waals surface area (Å²) in [6.07, 6.45) is 0. The van der Waals surface area contributed by atoms with Crippen LogP contribution in [0.4, 0.5) is 0 Å². The van der Waals surface area contributed by atoms with Crippen molar-refractivity contribution in [2.45, 2.75) is 11.3 Å². The van der Waals surface area contributed by atoms with Gasteiger partial charge in [0.25, 0.3) is 0 Å². The van der Waals surface area contributed by atoms with Gasteiger partial charge in [-0.05, 0) is 6.92 Å². The first-order chi connectivity index (χ1) is 3.98. The van der Waals surface area contributed by atoms with Crippen molar-refractivity contribution in [1.29, 1.82) is 0 Å². The molecule has 54 valence electrons. The van der Waals surface area contributed by atoms with Crippen LogP contribution in [0.3, 0.4) is 0 Å². The fourth-order valence-corrected chi connectivity index (χ4v) is 0.367. The Kier molecular flexibility index (Phi) is 3.48. The lowest BCUT2D eigenvalue weighted by Crippen LogP contribution is -2.25. The lowest BCUT2D eigenvalue weighted by Gasteiger charge is -2.09. The molecule has 0 atom stereocenters. The Bertz CT molecular complexity index is 106. The molecule has 0 heterocycles. The molecule has 0 radical (unpaired) electrons. The number of halogens is 2. The summed E-state index contributed by atoms with van der Waals surface area (Å²) in [6, 6.07) is 0. The van der Waals surface area contributed by atoms with Gasteiger partial charge in [-0.25, -0.2) is 0 Å². The van der Waals surface area contributed by atoms with E-state index < -0.39 is 4.33 Å². The van der Waals surface area contributed by atoms with Gasteiger partial charge in [-0.1, -0.05) is 23.2 Å². The highest BCUT2D eigenvalue weighted by Crippen LogP contribution is 2.20. The first kappa shape index (κ1) is 9.21. The lowest BCUT2D eigenvalue weighted by atomic mass is 10.3. The van der Waals surface area contributed by atoms with Crippen LogP contribution in [0.15, 0.2) is 0 Å². The van der Waals surface area contributed by atoms with Gasteiger partial charge in [0.15, 0.2) is 10.1 Å². The zero-order valence-corrected chi connectivity index (χ0v) is 6.79. The summed E-state index contributed by atoms with van der Waals surface area (Å²) in [5.41, 5.74) is 0. The highest BCUT2D eigenvalue weighted by Gasteiger charge is 2.26. The Labute approximate surface area is 64.1 Å². The van der Waals surface area contributed by atoms with E-state index in [1.54, 1.807) is 0 Å². The zero-order valence-electron chi connectivity index (χ0n) is 5.28. The number of alkyl halides is 2. The van der Waals surface area contributed by atoms with Crippen LogP contribution in [0.2, 0.25) is 0 Å². The number of methoxy groups -OCH3 is 1. The third-order valence-electron chi connectivity index (χ3n) is 0.765. The van der Waals surface area contributed by atoms with Gasteiger partial charge in [-0.15, -0.1) is 0 Å². The normalized spacial score (nSPS) is 11.6. The summed E-state index contributed by atoms with van der Waals surface area (Å²) in [6.45, 7) is 1.38. The molecule has 0 aliphatic heterocycles. The Morgan fingerprint density at radius 3 is 2.22 bits per heavy atom. The molecule has 9 heavy (non-hydrogen) atoms. The number of Topliss-reactive ketones (excluding diaryl/α,β-unsaturated/α-hetero) is 1. The van der Waals surface area contributed by atoms with Gasteiger partial charge in [0.1, 0.15) is 6.61 Å². The van der Waals surface area contributed by atoms with E-state index in [0.29, 0.717) is 0 Å². The quantitative estimate of drug-likeness (QED) is 0.599. The molecule has 2 nitrogen and oxygen atoms in total. The van der Waals surface area contributed by atoms with E-state index in [9.17, 15) is 4.79 Å². The monoisotopic (exact) mass is 170 g/mol. The molecule has 0 spiro atoms. The maximum atomic E-state index is 10.7. The molecule has 0 unspecified atom stereocenters. The van der Waals surface area contributed by atoms with Crippen molar-refractivity contribution in [2.75, 3.05) is 13.7 Å². The number of hydrogen-bond acceptors (Lipinski definition) is 2. The number of hydrogen-bond donors (Lipinski definition) is 0. The summed E-state index contributed by atoms with van der Waals surface area (Å²) in [4.78, 5) is 10.7. The number of ether oxygens (including phenoxy) is 1. The van der Waals surface area contributed by atoms with Crippen molar-refractivity contribution in [1.82, 2.24) is 0 Å². The van der Waals surface area contributed by atoms with E-state index in [2.05, 4.69) is 4.74 Å². The number of carbonyl (C=O) groups is 1. The van der Waals surface area contributed by atoms with Gasteiger partial charge < -0.3 is 4.74 Å². The smallest absolute Gasteiger partial charge is 0.193 e. The van der Waals surface area contributed by atoms with E-state index in [-0.39, 0.29) is 12.4 Å². The highest BCUT2D eigenvalue weighted by atomic mass is 35.5. The van der Waals surface area contributed by atoms with Crippen molar-refractivity contribution >= 4 is 29.0 Å². The van der Waals surface area contributed by atoms with Crippen LogP contribution < -0.4 is 0 Å². The molecule has 0 saturated heterocycles. The Balaban J connectivity index is 3.74. The second-order valence-corrected chi connectivity index (χ2v) is 3.45. The fraction of sp³-hybridized carbons (Fsp3) is 0.800. The summed E-state index contributed by atoms with van der Waals surface area (Å²) >= 11 is 10.8. The number of ketones is 1. The number of rotatable bonds is 3. The van der Waals surface area contributed by atoms with E-state index >= 15 is 0 Å². The fourth-order valence-electron chi connectivity index (χ4n) is 0.258. The van der Waals surface area contributed by atoms with E-state index in [1.165, 1.54) is 14.0 Å². The van der Waals surface area contributed by atoms with Gasteiger partial charge in [0.2, 0.25) is 0 Å². The summed E-state index contributed by atoms with van der Waals surface area (Å²) in [7, 11) is 1.41. The molecule has 0 saturated carbocycles. The second kappa shape index (κ2) is 3.40. The largest absolute Gasteiger partial charge is 0.377 e. The summed E-state index contributed by atoms with van der Waals surface area (Å²) in [5.74, 6) is -0.326. The van der Waals surface area contributed by atoms with Crippen molar-refractivity contribution in [3.05, 3.63) is 0 Å². The SMILES string of the molecule is COCC(=O)C(C)(Cl)Cl. The average molecular weight is 171 g/mol. The molecular formula is C5H8Cl2O2. The van der Waals surface area contributed by atoms with E-state index in [0.717, 1.165) is 0 Å². The topological polar surface area (TPSA) is 26.3 Å². The Hall–Kier alpha value is 0.210. The molecule has 0 aliphatic carbocycles. The predicted molar refractivity (Wildman–Crippen MR) is 37.0 cm³/mol. The molecule has 4 heteroatoms. The number of carbonyl (C=O) groups excluding carboxylic acids is 1. The molecule has 0 N–H and O–H groups in total. The molecular weight excluding hydrogens is 163 g/mol. The van der Waals surface area contributed by atoms with Crippen LogP contribution in [-0.2, 0) is 9.53 Å². The van der Waals surface area contributed by atoms with Crippen LogP contribution in [0.5, 0.6) is 0 Å². The molecule has 0 aromatic heterocycles. The van der Waals surface area contributed by atoms with Crippen LogP contribution in [0, 0.1) is 0 Å². The first-order valence-electron chi connectivity index (χ1n) is 2.38. The third-order valence-corrected chi connectivity index (χ3v) is 1.19. The minimum absolute atomic E-state index is 0.0382. The van der Waals surface area contributed by atoms with E-state index in [1.807, 2.05) is 0 Å². The van der Waals surface area contributed by atoms with Gasteiger partial charge in [-0.2, -0.15) is 0 Å². The van der Waals surface area contributed by atoms with Gasteiger partial charge in [0.05, 0.1) is 0 Å². The maximum absolute atomic E-state index is 10.7. The summed E-state index contributed by atoms with van der Waals surface area (Å²) < 4.78 is 3.20. The van der Waals surface area contributed by atoms with Crippen LogP contribution in [0.1, 0.15) is 6.92 Å². The molecule has 0 rings (SSSR count). The minimum Gasteiger partial charge on any atom is -0.377 e. The molecule has 0 aliphatic rings.